The van der Waals surface area contributed by atoms with E-state index in [1.807, 2.05) is 48.5 Å². The van der Waals surface area contributed by atoms with E-state index in [1.54, 1.807) is 0 Å². The Hall–Kier alpha value is -2.91. The van der Waals surface area contributed by atoms with Gasteiger partial charge in [-0.3, -0.25) is 4.79 Å². The van der Waals surface area contributed by atoms with Crippen LogP contribution in [-0.4, -0.2) is 5.78 Å². The molecule has 0 saturated carbocycles. The molecule has 0 aliphatic heterocycles. The van der Waals surface area contributed by atoms with E-state index in [1.165, 1.54) is 5.56 Å². The van der Waals surface area contributed by atoms with Crippen molar-refractivity contribution >= 4 is 38.2 Å². The van der Waals surface area contributed by atoms with Crippen LogP contribution >= 0.6 is 15.9 Å². The fraction of sp³-hybridized carbons (Fsp3) is 0.115. The van der Waals surface area contributed by atoms with Crippen molar-refractivity contribution in [2.45, 2.75) is 19.4 Å². The fourth-order valence-corrected chi connectivity index (χ4v) is 3.73. The lowest BCUT2D eigenvalue weighted by molar-refractivity contribution is 0.0976. The van der Waals surface area contributed by atoms with Crippen molar-refractivity contribution in [3.8, 4) is 0 Å². The van der Waals surface area contributed by atoms with Crippen LogP contribution in [0.2, 0.25) is 0 Å². The number of benzene rings is 4. The molecule has 0 amide bonds. The quantitative estimate of drug-likeness (QED) is 0.315. The van der Waals surface area contributed by atoms with Crippen LogP contribution in [0.3, 0.4) is 0 Å². The molecule has 0 spiro atoms. The van der Waals surface area contributed by atoms with Crippen molar-refractivity contribution < 1.29 is 4.79 Å². The number of nitrogens with one attached hydrogen (secondary N) is 1. The zero-order chi connectivity index (χ0) is 20.2. The molecule has 0 saturated heterocycles. The minimum Gasteiger partial charge on any atom is -0.378 e. The first kappa shape index (κ1) is 19.4. The number of rotatable bonds is 6. The van der Waals surface area contributed by atoms with Crippen molar-refractivity contribution in [1.82, 2.24) is 0 Å². The topological polar surface area (TPSA) is 29.1 Å². The fourth-order valence-electron chi connectivity index (χ4n) is 3.46. The van der Waals surface area contributed by atoms with Crippen LogP contribution < -0.4 is 5.32 Å². The van der Waals surface area contributed by atoms with Crippen molar-refractivity contribution in [2.24, 2.45) is 0 Å². The highest BCUT2D eigenvalue weighted by Gasteiger charge is 2.18. The Morgan fingerprint density at radius 1 is 0.862 bits per heavy atom. The molecule has 3 heteroatoms. The standard InChI is InChI=1S/C26H22BrNO/c1-18-6-14-24(15-7-18)28-25(20-10-12-23(27)13-11-20)17-26(29)22-9-8-19-4-2-3-5-21(19)16-22/h2-16,25,28H,17H2,1H3. The molecule has 4 aromatic rings. The molecule has 0 radical (unpaired) electrons. The summed E-state index contributed by atoms with van der Waals surface area (Å²) in [5.74, 6) is 0.128. The SMILES string of the molecule is Cc1ccc(NC(CC(=O)c2ccc3ccccc3c2)c2ccc(Br)cc2)cc1. The van der Waals surface area contributed by atoms with Crippen molar-refractivity contribution in [1.29, 1.82) is 0 Å². The minimum atomic E-state index is -0.107. The molecule has 0 heterocycles. The number of hydrogen-bond donors (Lipinski definition) is 1. The van der Waals surface area contributed by atoms with Crippen LogP contribution in [0, 0.1) is 6.92 Å². The zero-order valence-corrected chi connectivity index (χ0v) is 17.8. The van der Waals surface area contributed by atoms with E-state index in [0.717, 1.165) is 32.1 Å². The van der Waals surface area contributed by atoms with Gasteiger partial charge in [0.15, 0.2) is 5.78 Å². The largest absolute Gasteiger partial charge is 0.378 e. The van der Waals surface area contributed by atoms with E-state index >= 15 is 0 Å². The highest BCUT2D eigenvalue weighted by Crippen LogP contribution is 2.27. The average molecular weight is 444 g/mol. The van der Waals surface area contributed by atoms with Crippen LogP contribution in [0.25, 0.3) is 10.8 Å². The summed E-state index contributed by atoms with van der Waals surface area (Å²) >= 11 is 3.49. The molecule has 4 rings (SSSR count). The van der Waals surface area contributed by atoms with Crippen molar-refractivity contribution in [3.63, 3.8) is 0 Å². The van der Waals surface area contributed by atoms with Gasteiger partial charge in [0.1, 0.15) is 0 Å². The second-order valence-electron chi connectivity index (χ2n) is 7.30. The molecule has 144 valence electrons. The molecule has 0 bridgehead atoms. The van der Waals surface area contributed by atoms with Gasteiger partial charge in [-0.2, -0.15) is 0 Å². The van der Waals surface area contributed by atoms with Gasteiger partial charge in [0, 0.05) is 22.1 Å². The molecule has 1 atom stereocenters. The van der Waals surface area contributed by atoms with Crippen LogP contribution in [0.15, 0.2) is 95.5 Å². The number of carbonyl (C=O) groups excluding carboxylic acids is 1. The molecule has 1 unspecified atom stereocenters. The van der Waals surface area contributed by atoms with Gasteiger partial charge in [-0.25, -0.2) is 0 Å². The molecule has 0 aliphatic rings. The summed E-state index contributed by atoms with van der Waals surface area (Å²) in [5, 5.41) is 5.78. The first-order chi connectivity index (χ1) is 14.1. The number of Topliss-reactive ketones (excluding diaryl/α,β-unsaturated/α-hetero) is 1. The lowest BCUT2D eigenvalue weighted by Crippen LogP contribution is -2.16. The second kappa shape index (κ2) is 8.62. The zero-order valence-electron chi connectivity index (χ0n) is 16.2. The predicted octanol–water partition coefficient (Wildman–Crippen LogP) is 7.34. The van der Waals surface area contributed by atoms with Gasteiger partial charge < -0.3 is 5.32 Å². The summed E-state index contributed by atoms with van der Waals surface area (Å²) in [7, 11) is 0. The molecule has 2 nitrogen and oxygen atoms in total. The maximum atomic E-state index is 13.1. The Labute approximate surface area is 179 Å². The Kier molecular flexibility index (Phi) is 5.77. The van der Waals surface area contributed by atoms with Gasteiger partial charge in [0.2, 0.25) is 0 Å². The molecule has 1 N–H and O–H groups in total. The highest BCUT2D eigenvalue weighted by atomic mass is 79.9. The molecule has 4 aromatic carbocycles. The first-order valence-corrected chi connectivity index (χ1v) is 10.5. The van der Waals surface area contributed by atoms with Gasteiger partial charge in [0.25, 0.3) is 0 Å². The van der Waals surface area contributed by atoms with Crippen LogP contribution in [0.4, 0.5) is 5.69 Å². The lowest BCUT2D eigenvalue weighted by Gasteiger charge is -2.20. The van der Waals surface area contributed by atoms with E-state index in [4.69, 9.17) is 0 Å². The molecule has 0 fully saturated rings. The third kappa shape index (κ3) is 4.75. The molecule has 29 heavy (non-hydrogen) atoms. The maximum Gasteiger partial charge on any atom is 0.165 e. The third-order valence-corrected chi connectivity index (χ3v) is 5.65. The second-order valence-corrected chi connectivity index (χ2v) is 8.22. The monoisotopic (exact) mass is 443 g/mol. The summed E-state index contributed by atoms with van der Waals surface area (Å²) in [6.45, 7) is 2.07. The van der Waals surface area contributed by atoms with Crippen LogP contribution in [0.5, 0.6) is 0 Å². The summed E-state index contributed by atoms with van der Waals surface area (Å²) in [6.07, 6.45) is 0.383. The van der Waals surface area contributed by atoms with Gasteiger partial charge >= 0.3 is 0 Å². The minimum absolute atomic E-state index is 0.107. The molecule has 0 aliphatic carbocycles. The Bertz CT molecular complexity index is 1130. The van der Waals surface area contributed by atoms with Crippen LogP contribution in [0.1, 0.15) is 33.9 Å². The summed E-state index contributed by atoms with van der Waals surface area (Å²) < 4.78 is 1.02. The Morgan fingerprint density at radius 3 is 2.28 bits per heavy atom. The average Bonchev–Trinajstić information content (AvgIpc) is 2.75. The number of hydrogen-bond acceptors (Lipinski definition) is 2. The van der Waals surface area contributed by atoms with E-state index in [9.17, 15) is 4.79 Å². The normalized spacial score (nSPS) is 11.9. The smallest absolute Gasteiger partial charge is 0.165 e. The maximum absolute atomic E-state index is 13.1. The number of carbonyl (C=O) groups is 1. The van der Waals surface area contributed by atoms with Gasteiger partial charge in [-0.15, -0.1) is 0 Å². The van der Waals surface area contributed by atoms with Crippen molar-refractivity contribution in [2.75, 3.05) is 5.32 Å². The number of fused-ring (bicyclic) bond motifs is 1. The number of aryl methyl sites for hydroxylation is 1. The summed E-state index contributed by atoms with van der Waals surface area (Å²) in [6, 6.07) is 30.4. The van der Waals surface area contributed by atoms with E-state index in [-0.39, 0.29) is 11.8 Å². The molecular weight excluding hydrogens is 422 g/mol. The summed E-state index contributed by atoms with van der Waals surface area (Å²) in [5.41, 5.74) is 4.05. The molecule has 0 aromatic heterocycles. The first-order valence-electron chi connectivity index (χ1n) is 9.69. The highest BCUT2D eigenvalue weighted by molar-refractivity contribution is 9.10. The van der Waals surface area contributed by atoms with Gasteiger partial charge in [-0.1, -0.05) is 82.2 Å². The number of anilines is 1. The van der Waals surface area contributed by atoms with E-state index in [0.29, 0.717) is 6.42 Å². The Morgan fingerprint density at radius 2 is 1.55 bits per heavy atom. The Balaban J connectivity index is 1.61. The predicted molar refractivity (Wildman–Crippen MR) is 125 cm³/mol. The number of ketones is 1. The lowest BCUT2D eigenvalue weighted by atomic mass is 9.96. The van der Waals surface area contributed by atoms with Crippen molar-refractivity contribution in [3.05, 3.63) is 112 Å². The molecular formula is C26H22BrNO. The third-order valence-electron chi connectivity index (χ3n) is 5.13. The van der Waals surface area contributed by atoms with Gasteiger partial charge in [0.05, 0.1) is 6.04 Å². The number of halogens is 1. The van der Waals surface area contributed by atoms with Crippen LogP contribution in [-0.2, 0) is 0 Å². The van der Waals surface area contributed by atoms with Gasteiger partial charge in [-0.05, 0) is 53.6 Å². The van der Waals surface area contributed by atoms with E-state index in [2.05, 4.69) is 70.6 Å². The van der Waals surface area contributed by atoms with E-state index < -0.39 is 0 Å². The summed E-state index contributed by atoms with van der Waals surface area (Å²) in [4.78, 5) is 13.1.